The summed E-state index contributed by atoms with van der Waals surface area (Å²) in [6.07, 6.45) is 4.88. The zero-order chi connectivity index (χ0) is 17.0. The summed E-state index contributed by atoms with van der Waals surface area (Å²) in [5.74, 6) is 0.935. The normalized spacial score (nSPS) is 18.7. The van der Waals surface area contributed by atoms with Crippen LogP contribution in [0.5, 0.6) is 0 Å². The van der Waals surface area contributed by atoms with Crippen LogP contribution in [-0.4, -0.2) is 47.8 Å². The molecule has 1 saturated heterocycles. The van der Waals surface area contributed by atoms with Crippen LogP contribution in [0.1, 0.15) is 45.6 Å². The maximum absolute atomic E-state index is 12.5. The Kier molecular flexibility index (Phi) is 5.50. The van der Waals surface area contributed by atoms with Crippen LogP contribution in [0.25, 0.3) is 0 Å². The second-order valence-corrected chi connectivity index (χ2v) is 7.40. The second-order valence-electron chi connectivity index (χ2n) is 7.40. The van der Waals surface area contributed by atoms with Gasteiger partial charge in [0.05, 0.1) is 6.04 Å². The van der Waals surface area contributed by atoms with Gasteiger partial charge in [-0.2, -0.15) is 0 Å². The number of anilines is 1. The molecule has 0 radical (unpaired) electrons. The lowest BCUT2D eigenvalue weighted by Gasteiger charge is -2.38. The minimum Gasteiger partial charge on any atom is -0.444 e. The molecule has 0 aliphatic carbocycles. The van der Waals surface area contributed by atoms with Gasteiger partial charge in [0, 0.05) is 26.3 Å². The minimum atomic E-state index is -0.455. The van der Waals surface area contributed by atoms with Gasteiger partial charge in [0.1, 0.15) is 11.4 Å². The fourth-order valence-corrected chi connectivity index (χ4v) is 2.85. The van der Waals surface area contributed by atoms with Gasteiger partial charge in [-0.05, 0) is 58.6 Å². The van der Waals surface area contributed by atoms with E-state index in [1.165, 1.54) is 0 Å². The third-order valence-electron chi connectivity index (χ3n) is 4.03. The summed E-state index contributed by atoms with van der Waals surface area (Å²) in [7, 11) is 2.03. The van der Waals surface area contributed by atoms with Crippen LogP contribution in [0.2, 0.25) is 0 Å². The van der Waals surface area contributed by atoms with Crippen LogP contribution in [0.4, 0.5) is 10.6 Å². The van der Waals surface area contributed by atoms with E-state index in [2.05, 4.69) is 16.0 Å². The van der Waals surface area contributed by atoms with Crippen molar-refractivity contribution in [1.82, 2.24) is 9.88 Å². The second kappa shape index (κ2) is 7.20. The molecule has 1 aromatic heterocycles. The summed E-state index contributed by atoms with van der Waals surface area (Å²) in [5.41, 5.74) is 0.693. The van der Waals surface area contributed by atoms with Crippen molar-refractivity contribution in [2.75, 3.05) is 25.0 Å². The summed E-state index contributed by atoms with van der Waals surface area (Å²) in [5, 5.41) is 0. The van der Waals surface area contributed by atoms with E-state index >= 15 is 0 Å². The predicted molar refractivity (Wildman–Crippen MR) is 92.8 cm³/mol. The van der Waals surface area contributed by atoms with Crippen molar-refractivity contribution < 1.29 is 9.53 Å². The zero-order valence-electron chi connectivity index (χ0n) is 15.0. The van der Waals surface area contributed by atoms with Crippen molar-refractivity contribution in [3.63, 3.8) is 0 Å². The number of carbonyl (C=O) groups is 1. The topological polar surface area (TPSA) is 45.7 Å². The number of ether oxygens (including phenoxy) is 1. The average Bonchev–Trinajstić information content (AvgIpc) is 2.46. The van der Waals surface area contributed by atoms with E-state index in [0.29, 0.717) is 0 Å². The number of likely N-dealkylation sites (N-methyl/N-ethyl adjacent to an activating group) is 1. The van der Waals surface area contributed by atoms with Gasteiger partial charge in [0.15, 0.2) is 0 Å². The van der Waals surface area contributed by atoms with Crippen LogP contribution in [0, 0.1) is 6.92 Å². The molecular formula is C18H29N3O2. The molecule has 1 fully saturated rings. The largest absolute Gasteiger partial charge is 0.444 e. The molecule has 5 nitrogen and oxygen atoms in total. The first-order valence-corrected chi connectivity index (χ1v) is 8.40. The van der Waals surface area contributed by atoms with Crippen LogP contribution < -0.4 is 4.90 Å². The number of hydrogen-bond donors (Lipinski definition) is 0. The lowest BCUT2D eigenvalue weighted by atomic mass is 10.0. The fraction of sp³-hybridized carbons (Fsp3) is 0.667. The average molecular weight is 319 g/mol. The highest BCUT2D eigenvalue weighted by Crippen LogP contribution is 2.22. The molecular weight excluding hydrogens is 290 g/mol. The van der Waals surface area contributed by atoms with Gasteiger partial charge in [-0.25, -0.2) is 9.78 Å². The number of amides is 1. The van der Waals surface area contributed by atoms with Gasteiger partial charge in [-0.3, -0.25) is 0 Å². The van der Waals surface area contributed by atoms with E-state index in [1.54, 1.807) is 0 Å². The van der Waals surface area contributed by atoms with E-state index in [1.807, 2.05) is 51.9 Å². The first-order valence-electron chi connectivity index (χ1n) is 8.40. The van der Waals surface area contributed by atoms with Gasteiger partial charge >= 0.3 is 6.09 Å². The smallest absolute Gasteiger partial charge is 0.410 e. The van der Waals surface area contributed by atoms with E-state index in [0.717, 1.165) is 43.7 Å². The minimum absolute atomic E-state index is 0.173. The van der Waals surface area contributed by atoms with E-state index < -0.39 is 5.60 Å². The molecule has 1 atom stereocenters. The highest BCUT2D eigenvalue weighted by atomic mass is 16.6. The number of hydrogen-bond acceptors (Lipinski definition) is 4. The zero-order valence-corrected chi connectivity index (χ0v) is 15.0. The molecule has 0 aromatic carbocycles. The number of rotatable bonds is 3. The van der Waals surface area contributed by atoms with E-state index in [4.69, 9.17) is 4.74 Å². The number of nitrogens with zero attached hydrogens (tertiary/aromatic N) is 3. The predicted octanol–water partition coefficient (Wildman–Crippen LogP) is 3.62. The Morgan fingerprint density at radius 3 is 2.74 bits per heavy atom. The number of pyridine rings is 1. The highest BCUT2D eigenvalue weighted by Gasteiger charge is 2.31. The van der Waals surface area contributed by atoms with Crippen molar-refractivity contribution in [3.05, 3.63) is 23.9 Å². The standard InChI is InChI=1S/C18H29N3O2/c1-14-9-10-16(19-12-14)20(5)13-15-8-6-7-11-21(15)17(22)23-18(2,3)4/h9-10,12,15H,6-8,11,13H2,1-5H3/t15-/m0/s1. The summed E-state index contributed by atoms with van der Waals surface area (Å²) < 4.78 is 5.56. The molecule has 23 heavy (non-hydrogen) atoms. The van der Waals surface area contributed by atoms with Crippen LogP contribution in [0.3, 0.4) is 0 Å². The van der Waals surface area contributed by atoms with Gasteiger partial charge in [-0.1, -0.05) is 6.07 Å². The number of likely N-dealkylation sites (tertiary alicyclic amines) is 1. The molecule has 0 spiro atoms. The molecule has 1 aromatic rings. The molecule has 0 unspecified atom stereocenters. The van der Waals surface area contributed by atoms with Crippen molar-refractivity contribution >= 4 is 11.9 Å². The van der Waals surface area contributed by atoms with Gasteiger partial charge in [0.25, 0.3) is 0 Å². The molecule has 1 amide bonds. The molecule has 2 rings (SSSR count). The maximum Gasteiger partial charge on any atom is 0.410 e. The lowest BCUT2D eigenvalue weighted by molar-refractivity contribution is 0.0108. The van der Waals surface area contributed by atoms with Crippen LogP contribution in [-0.2, 0) is 4.74 Å². The van der Waals surface area contributed by atoms with Gasteiger partial charge in [-0.15, -0.1) is 0 Å². The van der Waals surface area contributed by atoms with Gasteiger partial charge < -0.3 is 14.5 Å². The van der Waals surface area contributed by atoms with Crippen LogP contribution in [0.15, 0.2) is 18.3 Å². The van der Waals surface area contributed by atoms with E-state index in [-0.39, 0.29) is 12.1 Å². The van der Waals surface area contributed by atoms with Crippen molar-refractivity contribution in [1.29, 1.82) is 0 Å². The van der Waals surface area contributed by atoms with Crippen molar-refractivity contribution in [2.24, 2.45) is 0 Å². The number of carbonyl (C=O) groups excluding carboxylic acids is 1. The summed E-state index contributed by atoms with van der Waals surface area (Å²) in [4.78, 5) is 20.9. The fourth-order valence-electron chi connectivity index (χ4n) is 2.85. The Hall–Kier alpha value is -1.78. The summed E-state index contributed by atoms with van der Waals surface area (Å²) >= 11 is 0. The Morgan fingerprint density at radius 1 is 1.39 bits per heavy atom. The third kappa shape index (κ3) is 5.12. The highest BCUT2D eigenvalue weighted by molar-refractivity contribution is 5.68. The number of piperidine rings is 1. The SMILES string of the molecule is Cc1ccc(N(C)C[C@@H]2CCCCN2C(=O)OC(C)(C)C)nc1. The van der Waals surface area contributed by atoms with E-state index in [9.17, 15) is 4.79 Å². The molecule has 2 heterocycles. The van der Waals surface area contributed by atoms with Gasteiger partial charge in [0.2, 0.25) is 0 Å². The Morgan fingerprint density at radius 2 is 2.13 bits per heavy atom. The molecule has 1 aliphatic rings. The Bertz CT molecular complexity index is 522. The van der Waals surface area contributed by atoms with Crippen molar-refractivity contribution in [3.8, 4) is 0 Å². The first kappa shape index (κ1) is 17.6. The summed E-state index contributed by atoms with van der Waals surface area (Å²) in [6, 6.07) is 4.26. The monoisotopic (exact) mass is 319 g/mol. The first-order chi connectivity index (χ1) is 10.8. The summed E-state index contributed by atoms with van der Waals surface area (Å²) in [6.45, 7) is 9.30. The molecule has 128 valence electrons. The lowest BCUT2D eigenvalue weighted by Crippen LogP contribution is -2.50. The quantitative estimate of drug-likeness (QED) is 0.853. The molecule has 0 N–H and O–H groups in total. The number of aromatic nitrogens is 1. The third-order valence-corrected chi connectivity index (χ3v) is 4.03. The molecule has 0 bridgehead atoms. The molecule has 5 heteroatoms. The maximum atomic E-state index is 12.5. The Balaban J connectivity index is 2.03. The molecule has 1 aliphatic heterocycles. The van der Waals surface area contributed by atoms with Crippen molar-refractivity contribution in [2.45, 2.75) is 58.6 Å². The molecule has 0 saturated carbocycles. The number of aryl methyl sites for hydroxylation is 1. The van der Waals surface area contributed by atoms with Crippen LogP contribution >= 0.6 is 0 Å². The Labute approximate surface area is 139 Å².